The Hall–Kier alpha value is -4.16. The number of hydrogen-bond donors (Lipinski definition) is 1. The minimum Gasteiger partial charge on any atom is -0.495 e. The number of ether oxygens (including phenoxy) is 1. The first-order chi connectivity index (χ1) is 20.3. The van der Waals surface area contributed by atoms with Crippen LogP contribution < -0.4 is 14.4 Å². The summed E-state index contributed by atoms with van der Waals surface area (Å²) in [6, 6.07) is 18.4. The van der Waals surface area contributed by atoms with E-state index in [1.807, 2.05) is 44.2 Å². The Kier molecular flexibility index (Phi) is 11.5. The van der Waals surface area contributed by atoms with Gasteiger partial charge in [-0.3, -0.25) is 24.0 Å². The summed E-state index contributed by atoms with van der Waals surface area (Å²) in [7, 11) is -2.88. The van der Waals surface area contributed by atoms with Gasteiger partial charge in [-0.1, -0.05) is 67.9 Å². The summed E-state index contributed by atoms with van der Waals surface area (Å²) in [5, 5.41) is 14.8. The molecule has 0 saturated carbocycles. The van der Waals surface area contributed by atoms with Crippen molar-refractivity contribution in [3.8, 4) is 5.75 Å². The molecule has 0 saturated heterocycles. The van der Waals surface area contributed by atoms with E-state index >= 15 is 0 Å². The average molecular weight is 631 g/mol. The van der Waals surface area contributed by atoms with Gasteiger partial charge >= 0.3 is 0 Å². The molecule has 1 N–H and O–H groups in total. The predicted octanol–water partition coefficient (Wildman–Crippen LogP) is 4.44. The normalized spacial score (nSPS) is 12.0. The van der Waals surface area contributed by atoms with Crippen molar-refractivity contribution in [3.05, 3.63) is 99.1 Å². The third-order valence-corrected chi connectivity index (χ3v) is 7.88. The van der Waals surface area contributed by atoms with Crippen LogP contribution in [0.4, 0.5) is 11.4 Å². The molecule has 0 aliphatic carbocycles. The summed E-state index contributed by atoms with van der Waals surface area (Å²) in [5.74, 6) is -0.965. The first-order valence-electron chi connectivity index (χ1n) is 13.5. The molecule has 13 heteroatoms. The number of hydrogen-bond acceptors (Lipinski definition) is 7. The molecular weight excluding hydrogens is 596 g/mol. The van der Waals surface area contributed by atoms with Gasteiger partial charge < -0.3 is 15.0 Å². The Morgan fingerprint density at radius 3 is 2.28 bits per heavy atom. The zero-order valence-electron chi connectivity index (χ0n) is 24.4. The highest BCUT2D eigenvalue weighted by Gasteiger charge is 2.34. The van der Waals surface area contributed by atoms with Crippen LogP contribution in [-0.2, 0) is 32.6 Å². The molecule has 43 heavy (non-hydrogen) atoms. The van der Waals surface area contributed by atoms with E-state index < -0.39 is 39.3 Å². The quantitative estimate of drug-likeness (QED) is 0.205. The maximum Gasteiger partial charge on any atom is 0.271 e. The van der Waals surface area contributed by atoms with Crippen LogP contribution in [0.25, 0.3) is 0 Å². The fourth-order valence-corrected chi connectivity index (χ4v) is 5.45. The number of amides is 2. The van der Waals surface area contributed by atoms with Gasteiger partial charge in [-0.25, -0.2) is 8.42 Å². The SMILES string of the molecule is COc1ccc([N+](=O)[O-])cc1N(CC(=O)N(Cc1cccc(Cl)c1)C(Cc1ccccc1)C(=O)NCC(C)C)S(C)(=O)=O. The van der Waals surface area contributed by atoms with Crippen LogP contribution in [0.3, 0.4) is 0 Å². The summed E-state index contributed by atoms with van der Waals surface area (Å²) < 4.78 is 32.1. The van der Waals surface area contributed by atoms with Crippen molar-refractivity contribution in [3.63, 3.8) is 0 Å². The molecule has 11 nitrogen and oxygen atoms in total. The van der Waals surface area contributed by atoms with E-state index in [1.54, 1.807) is 24.3 Å². The predicted molar refractivity (Wildman–Crippen MR) is 166 cm³/mol. The van der Waals surface area contributed by atoms with E-state index in [9.17, 15) is 28.1 Å². The fraction of sp³-hybridized carbons (Fsp3) is 0.333. The molecule has 0 fully saturated rings. The molecule has 0 aliphatic heterocycles. The summed E-state index contributed by atoms with van der Waals surface area (Å²) >= 11 is 6.22. The van der Waals surface area contributed by atoms with Gasteiger partial charge in [0, 0.05) is 36.7 Å². The first kappa shape index (κ1) is 33.3. The molecule has 1 unspecified atom stereocenters. The number of nitro groups is 1. The lowest BCUT2D eigenvalue weighted by molar-refractivity contribution is -0.384. The van der Waals surface area contributed by atoms with Gasteiger partial charge in [0.1, 0.15) is 24.0 Å². The molecule has 0 spiro atoms. The summed E-state index contributed by atoms with van der Waals surface area (Å²) in [5.41, 5.74) is 0.840. The Morgan fingerprint density at radius 1 is 1.02 bits per heavy atom. The van der Waals surface area contributed by atoms with Gasteiger partial charge in [-0.05, 0) is 35.2 Å². The second kappa shape index (κ2) is 14.8. The smallest absolute Gasteiger partial charge is 0.271 e. The van der Waals surface area contributed by atoms with Gasteiger partial charge in [0.2, 0.25) is 21.8 Å². The van der Waals surface area contributed by atoms with Crippen LogP contribution in [0.15, 0.2) is 72.8 Å². The summed E-state index contributed by atoms with van der Waals surface area (Å²) in [6.45, 7) is 3.44. The minimum absolute atomic E-state index is 0.0146. The van der Waals surface area contributed by atoms with E-state index in [0.29, 0.717) is 17.1 Å². The Morgan fingerprint density at radius 2 is 1.70 bits per heavy atom. The van der Waals surface area contributed by atoms with Gasteiger partial charge in [0.25, 0.3) is 5.69 Å². The number of nitrogens with zero attached hydrogens (tertiary/aromatic N) is 3. The number of benzene rings is 3. The topological polar surface area (TPSA) is 139 Å². The highest BCUT2D eigenvalue weighted by Crippen LogP contribution is 2.34. The van der Waals surface area contributed by atoms with Crippen LogP contribution >= 0.6 is 11.6 Å². The zero-order chi connectivity index (χ0) is 31.7. The molecule has 0 aliphatic rings. The third-order valence-electron chi connectivity index (χ3n) is 6.52. The number of halogens is 1. The molecule has 3 aromatic rings. The lowest BCUT2D eigenvalue weighted by atomic mass is 10.0. The van der Waals surface area contributed by atoms with Crippen molar-refractivity contribution < 1.29 is 27.7 Å². The number of carbonyl (C=O) groups excluding carboxylic acids is 2. The van der Waals surface area contributed by atoms with Crippen molar-refractivity contribution >= 4 is 44.8 Å². The number of anilines is 1. The van der Waals surface area contributed by atoms with Crippen molar-refractivity contribution in [1.29, 1.82) is 0 Å². The molecule has 3 aromatic carbocycles. The molecule has 2 amide bonds. The average Bonchev–Trinajstić information content (AvgIpc) is 2.95. The first-order valence-corrected chi connectivity index (χ1v) is 15.7. The van der Waals surface area contributed by atoms with Crippen LogP contribution in [0.1, 0.15) is 25.0 Å². The Labute approximate surface area is 256 Å². The molecule has 230 valence electrons. The molecular formula is C30H35ClN4O7S. The van der Waals surface area contributed by atoms with E-state index in [2.05, 4.69) is 5.32 Å². The number of non-ortho nitro benzene ring substituents is 1. The van der Waals surface area contributed by atoms with Gasteiger partial charge in [-0.2, -0.15) is 0 Å². The Bertz CT molecular complexity index is 1550. The van der Waals surface area contributed by atoms with Crippen LogP contribution in [0, 0.1) is 16.0 Å². The van der Waals surface area contributed by atoms with E-state index in [4.69, 9.17) is 16.3 Å². The van der Waals surface area contributed by atoms with E-state index in [-0.39, 0.29) is 36.0 Å². The molecule has 1 atom stereocenters. The van der Waals surface area contributed by atoms with Gasteiger partial charge in [0.15, 0.2) is 0 Å². The second-order valence-electron chi connectivity index (χ2n) is 10.4. The van der Waals surface area contributed by atoms with Gasteiger partial charge in [-0.15, -0.1) is 0 Å². The highest BCUT2D eigenvalue weighted by molar-refractivity contribution is 7.92. The molecule has 0 bridgehead atoms. The number of carbonyl (C=O) groups is 2. The maximum atomic E-state index is 14.2. The molecule has 0 aromatic heterocycles. The number of rotatable bonds is 14. The number of nitrogens with one attached hydrogen (secondary N) is 1. The number of methoxy groups -OCH3 is 1. The number of nitro benzene ring substituents is 1. The van der Waals surface area contributed by atoms with Crippen LogP contribution in [0.2, 0.25) is 5.02 Å². The number of sulfonamides is 1. The lowest BCUT2D eigenvalue weighted by Gasteiger charge is -2.34. The summed E-state index contributed by atoms with van der Waals surface area (Å²) in [6.07, 6.45) is 1.03. The van der Waals surface area contributed by atoms with E-state index in [0.717, 1.165) is 22.2 Å². The van der Waals surface area contributed by atoms with Crippen LogP contribution in [-0.4, -0.2) is 62.6 Å². The fourth-order valence-electron chi connectivity index (χ4n) is 4.39. The Balaban J connectivity index is 2.12. The second-order valence-corrected chi connectivity index (χ2v) is 12.7. The molecule has 3 rings (SSSR count). The van der Waals surface area contributed by atoms with Crippen LogP contribution in [0.5, 0.6) is 5.75 Å². The molecule has 0 radical (unpaired) electrons. The van der Waals surface area contributed by atoms with E-state index in [1.165, 1.54) is 24.1 Å². The van der Waals surface area contributed by atoms with Gasteiger partial charge in [0.05, 0.1) is 18.3 Å². The third kappa shape index (κ3) is 9.42. The summed E-state index contributed by atoms with van der Waals surface area (Å²) in [4.78, 5) is 40.0. The lowest BCUT2D eigenvalue weighted by Crippen LogP contribution is -2.53. The standard InChI is InChI=1S/C30H35ClN4O7S/c1-21(2)18-32-30(37)27(16-22-9-6-5-7-10-22)33(19-23-11-8-12-24(31)15-23)29(36)20-34(43(4,40)41)26-17-25(35(38)39)13-14-28(26)42-3/h5-15,17,21,27H,16,18-20H2,1-4H3,(H,32,37). The largest absolute Gasteiger partial charge is 0.495 e. The van der Waals surface area contributed by atoms with Crippen molar-refractivity contribution in [2.75, 3.05) is 30.8 Å². The minimum atomic E-state index is -4.17. The van der Waals surface area contributed by atoms with Crippen molar-refractivity contribution in [2.24, 2.45) is 5.92 Å². The van der Waals surface area contributed by atoms with Crippen molar-refractivity contribution in [1.82, 2.24) is 10.2 Å². The van der Waals surface area contributed by atoms with Crippen molar-refractivity contribution in [2.45, 2.75) is 32.9 Å². The monoisotopic (exact) mass is 630 g/mol. The maximum absolute atomic E-state index is 14.2. The highest BCUT2D eigenvalue weighted by atomic mass is 35.5. The zero-order valence-corrected chi connectivity index (χ0v) is 26.0. The molecule has 0 heterocycles.